The molecule has 0 amide bonds. The molecule has 0 spiro atoms. The quantitative estimate of drug-likeness (QED) is 0.860. The Morgan fingerprint density at radius 1 is 1.35 bits per heavy atom. The smallest absolute Gasteiger partial charge is 0.265 e. The number of nitrogens with one attached hydrogen (secondary N) is 1. The summed E-state index contributed by atoms with van der Waals surface area (Å²) in [6.07, 6.45) is 4.50. The van der Waals surface area contributed by atoms with Crippen LogP contribution in [-0.2, 0) is 16.6 Å². The fraction of sp³-hybridized carbons (Fsp3) is 0.333. The van der Waals surface area contributed by atoms with Gasteiger partial charge in [0, 0.05) is 36.9 Å². The highest BCUT2D eigenvalue weighted by Gasteiger charge is 2.20. The van der Waals surface area contributed by atoms with Crippen LogP contribution >= 0.6 is 0 Å². The van der Waals surface area contributed by atoms with Crippen molar-refractivity contribution in [2.24, 2.45) is 5.73 Å². The van der Waals surface area contributed by atoms with Crippen molar-refractivity contribution in [3.8, 4) is 0 Å². The first-order chi connectivity index (χ1) is 9.44. The molecule has 2 aromatic rings. The lowest BCUT2D eigenvalue weighted by Crippen LogP contribution is -2.14. The van der Waals surface area contributed by atoms with E-state index >= 15 is 0 Å². The summed E-state index contributed by atoms with van der Waals surface area (Å²) in [5, 5.41) is 0. The molecular formula is C12H17N5O2S. The minimum Gasteiger partial charge on any atom is -0.346 e. The third-order valence-electron chi connectivity index (χ3n) is 2.77. The van der Waals surface area contributed by atoms with Gasteiger partial charge in [0.15, 0.2) is 0 Å². The lowest BCUT2D eigenvalue weighted by molar-refractivity contribution is 0.573. The van der Waals surface area contributed by atoms with E-state index in [-0.39, 0.29) is 23.4 Å². The maximum atomic E-state index is 12.3. The van der Waals surface area contributed by atoms with E-state index in [2.05, 4.69) is 14.7 Å². The van der Waals surface area contributed by atoms with Gasteiger partial charge in [0.05, 0.1) is 0 Å². The lowest BCUT2D eigenvalue weighted by atomic mass is 10.3. The van der Waals surface area contributed by atoms with E-state index in [1.807, 2.05) is 18.4 Å². The molecule has 0 fully saturated rings. The normalized spacial score (nSPS) is 11.8. The second-order valence-corrected chi connectivity index (χ2v) is 6.23. The van der Waals surface area contributed by atoms with Crippen LogP contribution in [0.3, 0.4) is 0 Å². The largest absolute Gasteiger partial charge is 0.346 e. The molecule has 0 saturated carbocycles. The molecule has 2 rings (SSSR count). The molecule has 8 heteroatoms. The van der Waals surface area contributed by atoms with Crippen LogP contribution in [0.15, 0.2) is 35.6 Å². The van der Waals surface area contributed by atoms with Crippen LogP contribution in [0.1, 0.15) is 25.6 Å². The second-order valence-electron chi connectivity index (χ2n) is 4.55. The maximum absolute atomic E-state index is 12.3. The maximum Gasteiger partial charge on any atom is 0.265 e. The summed E-state index contributed by atoms with van der Waals surface area (Å²) >= 11 is 0. The Balaban J connectivity index is 2.35. The van der Waals surface area contributed by atoms with Gasteiger partial charge in [-0.15, -0.1) is 0 Å². The average molecular weight is 295 g/mol. The lowest BCUT2D eigenvalue weighted by Gasteiger charge is -2.10. The molecule has 2 heterocycles. The van der Waals surface area contributed by atoms with Crippen molar-refractivity contribution < 1.29 is 8.42 Å². The molecule has 0 unspecified atom stereocenters. The van der Waals surface area contributed by atoms with Crippen LogP contribution in [0.25, 0.3) is 0 Å². The summed E-state index contributed by atoms with van der Waals surface area (Å²) in [5.41, 5.74) is 6.40. The van der Waals surface area contributed by atoms with Gasteiger partial charge in [-0.2, -0.15) is 0 Å². The van der Waals surface area contributed by atoms with E-state index in [1.54, 1.807) is 18.3 Å². The van der Waals surface area contributed by atoms with Gasteiger partial charge in [-0.1, -0.05) is 0 Å². The van der Waals surface area contributed by atoms with Crippen LogP contribution in [0, 0.1) is 0 Å². The number of hydrogen-bond donors (Lipinski definition) is 2. The Bertz CT molecular complexity index is 679. The van der Waals surface area contributed by atoms with Crippen LogP contribution in [0.2, 0.25) is 0 Å². The molecule has 0 bridgehead atoms. The summed E-state index contributed by atoms with van der Waals surface area (Å²) in [7, 11) is -3.71. The first kappa shape index (κ1) is 14.5. The molecule has 0 aliphatic rings. The van der Waals surface area contributed by atoms with E-state index < -0.39 is 10.0 Å². The number of hydrogen-bond acceptors (Lipinski definition) is 5. The first-order valence-corrected chi connectivity index (χ1v) is 7.63. The predicted molar refractivity (Wildman–Crippen MR) is 75.5 cm³/mol. The molecule has 108 valence electrons. The van der Waals surface area contributed by atoms with E-state index in [9.17, 15) is 8.42 Å². The van der Waals surface area contributed by atoms with Crippen molar-refractivity contribution in [2.45, 2.75) is 31.3 Å². The van der Waals surface area contributed by atoms with Crippen molar-refractivity contribution in [1.29, 1.82) is 0 Å². The Kier molecular flexibility index (Phi) is 4.05. The van der Waals surface area contributed by atoms with Gasteiger partial charge in [-0.05, 0) is 26.0 Å². The molecular weight excluding hydrogens is 278 g/mol. The summed E-state index contributed by atoms with van der Waals surface area (Å²) in [4.78, 5) is 7.83. The van der Waals surface area contributed by atoms with Crippen molar-refractivity contribution >= 4 is 16.0 Å². The Labute approximate surface area is 117 Å². The Hall–Kier alpha value is -1.93. The van der Waals surface area contributed by atoms with Gasteiger partial charge in [0.25, 0.3) is 10.0 Å². The zero-order valence-corrected chi connectivity index (χ0v) is 12.1. The summed E-state index contributed by atoms with van der Waals surface area (Å²) in [6, 6.07) is 3.30. The molecule has 2 aromatic heterocycles. The number of rotatable bonds is 5. The highest BCUT2D eigenvalue weighted by molar-refractivity contribution is 7.92. The van der Waals surface area contributed by atoms with Crippen LogP contribution in [0.4, 0.5) is 5.95 Å². The van der Waals surface area contributed by atoms with Crippen molar-refractivity contribution in [1.82, 2.24) is 14.5 Å². The van der Waals surface area contributed by atoms with E-state index in [0.717, 1.165) is 5.69 Å². The zero-order chi connectivity index (χ0) is 14.8. The molecule has 0 saturated heterocycles. The number of aromatic nitrogens is 3. The van der Waals surface area contributed by atoms with Crippen molar-refractivity contribution in [3.63, 3.8) is 0 Å². The van der Waals surface area contributed by atoms with Crippen LogP contribution in [-0.4, -0.2) is 23.0 Å². The standard InChI is InChI=1S/C12H17N5O2S/c1-9(2)17-8-11(6-10(17)7-13)20(18,19)16-12-14-4-3-5-15-12/h3-6,8-9H,7,13H2,1-2H3,(H,14,15,16). The fourth-order valence-corrected chi connectivity index (χ4v) is 2.83. The van der Waals surface area contributed by atoms with Crippen LogP contribution in [0.5, 0.6) is 0 Å². The summed E-state index contributed by atoms with van der Waals surface area (Å²) in [5.74, 6) is 0.0408. The van der Waals surface area contributed by atoms with Crippen molar-refractivity contribution in [3.05, 3.63) is 36.4 Å². The molecule has 20 heavy (non-hydrogen) atoms. The monoisotopic (exact) mass is 295 g/mol. The minimum atomic E-state index is -3.71. The Morgan fingerprint density at radius 3 is 2.50 bits per heavy atom. The highest BCUT2D eigenvalue weighted by Crippen LogP contribution is 2.20. The number of nitrogens with zero attached hydrogens (tertiary/aromatic N) is 3. The average Bonchev–Trinajstić information content (AvgIpc) is 2.84. The third-order valence-corrected chi connectivity index (χ3v) is 4.07. The molecule has 0 atom stereocenters. The first-order valence-electron chi connectivity index (χ1n) is 6.14. The molecule has 0 aliphatic heterocycles. The number of anilines is 1. The molecule has 0 aromatic carbocycles. The predicted octanol–water partition coefficient (Wildman–Crippen LogP) is 1.12. The molecule has 7 nitrogen and oxygen atoms in total. The topological polar surface area (TPSA) is 103 Å². The van der Waals surface area contributed by atoms with Gasteiger partial charge in [0.2, 0.25) is 5.95 Å². The number of nitrogens with two attached hydrogens (primary N) is 1. The van der Waals surface area contributed by atoms with E-state index in [4.69, 9.17) is 5.73 Å². The highest BCUT2D eigenvalue weighted by atomic mass is 32.2. The van der Waals surface area contributed by atoms with E-state index in [0.29, 0.717) is 0 Å². The third kappa shape index (κ3) is 2.97. The minimum absolute atomic E-state index is 0.0408. The Morgan fingerprint density at radius 2 is 2.00 bits per heavy atom. The fourth-order valence-electron chi connectivity index (χ4n) is 1.82. The van der Waals surface area contributed by atoms with Gasteiger partial charge in [-0.25, -0.2) is 23.1 Å². The second kappa shape index (κ2) is 5.59. The van der Waals surface area contributed by atoms with E-state index in [1.165, 1.54) is 12.4 Å². The molecule has 0 aliphatic carbocycles. The van der Waals surface area contributed by atoms with Gasteiger partial charge >= 0.3 is 0 Å². The van der Waals surface area contributed by atoms with Crippen molar-refractivity contribution in [2.75, 3.05) is 4.72 Å². The number of sulfonamides is 1. The molecule has 3 N–H and O–H groups in total. The van der Waals surface area contributed by atoms with Gasteiger partial charge in [0.1, 0.15) is 4.90 Å². The summed E-state index contributed by atoms with van der Waals surface area (Å²) in [6.45, 7) is 4.20. The molecule has 0 radical (unpaired) electrons. The zero-order valence-electron chi connectivity index (χ0n) is 11.3. The SMILES string of the molecule is CC(C)n1cc(S(=O)(=O)Nc2ncccn2)cc1CN. The van der Waals surface area contributed by atoms with Gasteiger partial charge < -0.3 is 10.3 Å². The van der Waals surface area contributed by atoms with Crippen LogP contribution < -0.4 is 10.5 Å². The summed E-state index contributed by atoms with van der Waals surface area (Å²) < 4.78 is 28.7. The van der Waals surface area contributed by atoms with Gasteiger partial charge in [-0.3, -0.25) is 0 Å².